The first-order valence-corrected chi connectivity index (χ1v) is 46.8. The molecular formula is C100H139F3O16S2. The van der Waals surface area contributed by atoms with Crippen LogP contribution in [0.4, 0.5) is 13.2 Å². The van der Waals surface area contributed by atoms with Crippen molar-refractivity contribution < 1.29 is 88.4 Å². The molecule has 0 spiro atoms. The van der Waals surface area contributed by atoms with E-state index in [0.29, 0.717) is 62.4 Å². The fraction of sp³-hybridized carbons (Fsp3) is 0.620. The van der Waals surface area contributed by atoms with E-state index < -0.39 is 74.0 Å². The summed E-state index contributed by atoms with van der Waals surface area (Å²) in [6.45, 7) is 47.2. The lowest BCUT2D eigenvalue weighted by atomic mass is 9.46. The molecular weight excluding hydrogens is 1580 g/mol. The van der Waals surface area contributed by atoms with E-state index in [1.807, 2.05) is 75.3 Å². The lowest BCUT2D eigenvalue weighted by molar-refractivity contribution is -0.239. The number of aryl methyl sites for hydroxylation is 1. The summed E-state index contributed by atoms with van der Waals surface area (Å²) in [4.78, 5) is 75.3. The second-order valence-corrected chi connectivity index (χ2v) is 43.1. The lowest BCUT2D eigenvalue weighted by Crippen LogP contribution is -2.61. The topological polar surface area (TPSA) is 235 Å². The molecule has 0 saturated heterocycles. The number of carbonyl (C=O) groups excluding carboxylic acids is 6. The summed E-state index contributed by atoms with van der Waals surface area (Å²) in [7, 11) is -5.21. The normalized spacial score (nSPS) is 23.4. The van der Waals surface area contributed by atoms with Gasteiger partial charge in [-0.2, -0.15) is 13.2 Å². The number of phenolic OH excluding ortho intramolecular Hbond substituents is 1. The van der Waals surface area contributed by atoms with Crippen LogP contribution in [0.15, 0.2) is 121 Å². The number of allylic oxidation sites excluding steroid dienone is 1. The molecule has 8 fully saturated rings. The Morgan fingerprint density at radius 3 is 1.53 bits per heavy atom. The number of halogens is 3. The summed E-state index contributed by atoms with van der Waals surface area (Å²) >= 11 is 0. The van der Waals surface area contributed by atoms with Crippen LogP contribution in [-0.2, 0) is 69.0 Å². The van der Waals surface area contributed by atoms with Gasteiger partial charge in [-0.25, -0.2) is 8.42 Å². The molecule has 0 amide bonds. The highest BCUT2D eigenvalue weighted by Gasteiger charge is 2.65. The lowest BCUT2D eigenvalue weighted by Gasteiger charge is -2.61. The molecule has 16 nitrogen and oxygen atoms in total. The minimum atomic E-state index is -5.27. The number of phenols is 1. The number of hydrogen-bond donors (Lipinski definition) is 1. The minimum Gasteiger partial charge on any atom is -0.748 e. The van der Waals surface area contributed by atoms with Gasteiger partial charge >= 0.3 is 30.1 Å². The number of ketones is 2. The number of rotatable bonds is 24. The molecule has 1 aromatic heterocycles. The van der Waals surface area contributed by atoms with Crippen LogP contribution in [0.1, 0.15) is 295 Å². The standard InChI is InChI=1S/C20H29F3O7S.C19H32O2.C18H13S.C16H24O2.C15H24O.C12H18O4/c1-4-17(2,3)15(24)30-19-8-12-5-13(9-19)7-18(6-12,11-19)16(25)29-14(20(21,22)23)10-31(26,27)28;1-6-17(2,3)16(20)21-18(4,5)19-10-13-7-14(11-19)9-15(8-13)12-19;1-2-8-14(9-3-1)19-17-12-6-4-10-15(17)16-11-5-7-13-18(16)19;1-7-16(5,6)14(17)9-13-8-10(2)15(18)12(4)11(13)3;1-6-12(3)13-8-10-14(11-9-13)16-15(4,5)7-2;1-6-12(4,5)11(14)16-10-8(3)15-7(2)9(10)13/h12-14H,4-11H2,1-3H3,(H,26,27,28);13-15H,6-12H2,1-5H3;1-13H;8,18H,7,9H2,1-6H3;8-12H,6-7H2,1-5H3;7H,6H2,1-5H3/q;;+1;;;/p-1. The molecule has 1 N–H and O–H groups in total. The van der Waals surface area contributed by atoms with E-state index in [2.05, 4.69) is 163 Å². The van der Waals surface area contributed by atoms with Crippen molar-refractivity contribution in [2.24, 2.45) is 62.1 Å². The van der Waals surface area contributed by atoms with E-state index >= 15 is 0 Å². The van der Waals surface area contributed by atoms with Gasteiger partial charge in [0.05, 0.1) is 37.5 Å². The summed E-state index contributed by atoms with van der Waals surface area (Å²) in [5.41, 5.74) is 0.874. The third-order valence-corrected chi connectivity index (χ3v) is 31.1. The van der Waals surface area contributed by atoms with Crippen molar-refractivity contribution in [1.29, 1.82) is 0 Å². The van der Waals surface area contributed by atoms with Gasteiger partial charge in [0.25, 0.3) is 0 Å². The van der Waals surface area contributed by atoms with Crippen LogP contribution >= 0.6 is 10.5 Å². The molecule has 2 heterocycles. The average Bonchev–Trinajstić information content (AvgIpc) is 1.62. The predicted molar refractivity (Wildman–Crippen MR) is 474 cm³/mol. The molecule has 0 radical (unpaired) electrons. The second-order valence-electron chi connectivity index (χ2n) is 39.7. The van der Waals surface area contributed by atoms with E-state index in [-0.39, 0.29) is 79.5 Å². The third kappa shape index (κ3) is 23.9. The van der Waals surface area contributed by atoms with E-state index in [0.717, 1.165) is 71.4 Å². The molecule has 8 saturated carbocycles. The highest BCUT2D eigenvalue weighted by molar-refractivity contribution is 7.85. The van der Waals surface area contributed by atoms with Gasteiger partial charge in [-0.1, -0.05) is 123 Å². The van der Waals surface area contributed by atoms with Crippen LogP contribution in [0.5, 0.6) is 11.5 Å². The van der Waals surface area contributed by atoms with Gasteiger partial charge in [-0.3, -0.25) is 28.8 Å². The molecule has 5 atom stereocenters. The summed E-state index contributed by atoms with van der Waals surface area (Å²) in [6, 6.07) is 38.8. The fourth-order valence-electron chi connectivity index (χ4n) is 18.4. The van der Waals surface area contributed by atoms with Gasteiger partial charge in [0.2, 0.25) is 17.6 Å². The summed E-state index contributed by atoms with van der Waals surface area (Å²) < 4.78 is 108. The number of aromatic hydroxyl groups is 1. The molecule has 21 heteroatoms. The van der Waals surface area contributed by atoms with Crippen LogP contribution in [0.2, 0.25) is 0 Å². The zero-order chi connectivity index (χ0) is 90.4. The Kier molecular flexibility index (Phi) is 31.7. The molecule has 668 valence electrons. The third-order valence-electron chi connectivity index (χ3n) is 28.1. The molecule has 9 aliphatic rings. The zero-order valence-electron chi connectivity index (χ0n) is 76.7. The van der Waals surface area contributed by atoms with Crippen LogP contribution in [0.3, 0.4) is 0 Å². The molecule has 1 aliphatic heterocycles. The number of esters is 4. The monoisotopic (exact) mass is 1720 g/mol. The molecule has 6 aromatic rings. The first-order chi connectivity index (χ1) is 56.1. The van der Waals surface area contributed by atoms with Crippen LogP contribution in [-0.4, -0.2) is 94.5 Å². The molecule has 121 heavy (non-hydrogen) atoms. The van der Waals surface area contributed by atoms with Crippen LogP contribution in [0, 0.1) is 82.9 Å². The maximum Gasteiger partial charge on any atom is 0.426 e. The van der Waals surface area contributed by atoms with Gasteiger partial charge in [0.15, 0.2) is 20.4 Å². The number of fused-ring (bicyclic) bond motifs is 3. The number of alkyl halides is 3. The molecule has 5 unspecified atom stereocenters. The van der Waals surface area contributed by atoms with Crippen molar-refractivity contribution in [3.05, 3.63) is 149 Å². The number of ether oxygens (including phenoxy) is 6. The highest BCUT2D eigenvalue weighted by Crippen LogP contribution is 2.66. The average molecular weight is 1720 g/mol. The maximum absolute atomic E-state index is 13.3. The molecule has 15 rings (SSSR count). The number of benzene rings is 5. The first-order valence-electron chi connectivity index (χ1n) is 44.0. The number of hydrogen-bond acceptors (Lipinski definition) is 16. The summed E-state index contributed by atoms with van der Waals surface area (Å²) in [5.74, 6) is 1.23. The molecule has 8 bridgehead atoms. The quantitative estimate of drug-likeness (QED) is 0.0257. The Hall–Kier alpha value is -7.62. The highest BCUT2D eigenvalue weighted by atomic mass is 32.2. The number of Topliss-reactive ketones (excluding diaryl/α,β-unsaturated/α-hetero) is 2. The van der Waals surface area contributed by atoms with E-state index in [1.165, 1.54) is 75.6 Å². The first kappa shape index (κ1) is 98.8. The number of carbonyl (C=O) groups is 6. The maximum atomic E-state index is 13.3. The Morgan fingerprint density at radius 1 is 0.603 bits per heavy atom. The SMILES string of the molecule is CCC(C)(C)C(=O)Cc1cc(C)c(O)c(C)c1C.CCC(C)(C)C(=O)OC(C)(C)C12CC3CC(CC(C3)C1)C2.CCC(C)(C)C(=O)OC12CC3CC(C1)CC(C(=O)OC(CS(=O)(=O)[O-])C(F)(F)F)(C3)C2.CCC(C)(C)C(=O)OC1=C(C)OC(C)C1=O.CCC(C)c1ccc(OC(C)(C)CC)cc1.c1ccc(-[s+]2c3ccccc3c3ccccc32)cc1. The largest absolute Gasteiger partial charge is 0.748 e. The van der Waals surface area contributed by atoms with Crippen LogP contribution < -0.4 is 4.74 Å². The van der Waals surface area contributed by atoms with E-state index in [9.17, 15) is 60.0 Å². The summed E-state index contributed by atoms with van der Waals surface area (Å²) in [6.07, 6.45) is 7.45. The number of thiophene rings is 1. The van der Waals surface area contributed by atoms with E-state index in [1.54, 1.807) is 41.5 Å². The Morgan fingerprint density at radius 2 is 1.07 bits per heavy atom. The van der Waals surface area contributed by atoms with Crippen molar-refractivity contribution in [2.75, 3.05) is 5.75 Å². The van der Waals surface area contributed by atoms with Gasteiger partial charge in [0, 0.05) is 44.9 Å². The van der Waals surface area contributed by atoms with Crippen molar-refractivity contribution >= 4 is 76.2 Å². The second kappa shape index (κ2) is 38.9. The molecule has 8 aliphatic carbocycles. The van der Waals surface area contributed by atoms with Crippen LogP contribution in [0.25, 0.3) is 25.1 Å². The van der Waals surface area contributed by atoms with Gasteiger partial charge in [-0.15, -0.1) is 0 Å². The zero-order valence-corrected chi connectivity index (χ0v) is 78.3. The fourth-order valence-corrected chi connectivity index (χ4v) is 21.5. The Labute approximate surface area is 722 Å². The van der Waals surface area contributed by atoms with Gasteiger partial charge < -0.3 is 38.1 Å². The molecule has 5 aromatic carbocycles. The van der Waals surface area contributed by atoms with Crippen molar-refractivity contribution in [2.45, 2.75) is 329 Å². The van der Waals surface area contributed by atoms with Gasteiger partial charge in [-0.05, 0) is 325 Å². The summed E-state index contributed by atoms with van der Waals surface area (Å²) in [5, 5.41) is 12.7. The Balaban J connectivity index is 0.000000184. The van der Waals surface area contributed by atoms with Gasteiger partial charge in [0.1, 0.15) is 39.8 Å². The minimum absolute atomic E-state index is 0.00100. The predicted octanol–water partition coefficient (Wildman–Crippen LogP) is 24.8. The van der Waals surface area contributed by atoms with Crippen molar-refractivity contribution in [3.63, 3.8) is 0 Å². The van der Waals surface area contributed by atoms with Crippen molar-refractivity contribution in [3.8, 4) is 16.4 Å². The Bertz CT molecular complexity index is 4690. The smallest absolute Gasteiger partial charge is 0.426 e. The van der Waals surface area contributed by atoms with E-state index in [4.69, 9.17) is 23.7 Å². The van der Waals surface area contributed by atoms with Crippen molar-refractivity contribution in [1.82, 2.24) is 0 Å².